The second-order valence-corrected chi connectivity index (χ2v) is 3.77. The summed E-state index contributed by atoms with van der Waals surface area (Å²) in [5.41, 5.74) is 2.22. The standard InChI is InChI=1S/C13H15NO3/c1-3-16-13(15)8-17-10-4-5-12-11(6-10)9(2)7-14-12/h4-7,14H,3,8H2,1-2H3. The molecule has 1 aromatic heterocycles. The summed E-state index contributed by atoms with van der Waals surface area (Å²) in [4.78, 5) is 14.3. The highest BCUT2D eigenvalue weighted by molar-refractivity contribution is 5.84. The van der Waals surface area contributed by atoms with Crippen LogP contribution in [-0.4, -0.2) is 24.2 Å². The molecule has 4 heteroatoms. The van der Waals surface area contributed by atoms with Gasteiger partial charge in [0.2, 0.25) is 0 Å². The van der Waals surface area contributed by atoms with E-state index in [0.29, 0.717) is 12.4 Å². The minimum Gasteiger partial charge on any atom is -0.482 e. The molecule has 2 aromatic rings. The average Bonchev–Trinajstić information content (AvgIpc) is 2.69. The molecule has 1 heterocycles. The third kappa shape index (κ3) is 2.58. The summed E-state index contributed by atoms with van der Waals surface area (Å²) in [6.07, 6.45) is 1.94. The first kappa shape index (κ1) is 11.5. The van der Waals surface area contributed by atoms with Crippen molar-refractivity contribution in [2.24, 2.45) is 0 Å². The lowest BCUT2D eigenvalue weighted by Gasteiger charge is -2.05. The summed E-state index contributed by atoms with van der Waals surface area (Å²) < 4.78 is 10.2. The van der Waals surface area contributed by atoms with Gasteiger partial charge in [-0.25, -0.2) is 4.79 Å². The van der Waals surface area contributed by atoms with Gasteiger partial charge in [0.05, 0.1) is 6.61 Å². The number of hydrogen-bond donors (Lipinski definition) is 1. The fraction of sp³-hybridized carbons (Fsp3) is 0.308. The minimum atomic E-state index is -0.349. The van der Waals surface area contributed by atoms with E-state index in [0.717, 1.165) is 16.5 Å². The van der Waals surface area contributed by atoms with Gasteiger partial charge >= 0.3 is 5.97 Å². The van der Waals surface area contributed by atoms with Crippen LogP contribution in [0.4, 0.5) is 0 Å². The number of benzene rings is 1. The lowest BCUT2D eigenvalue weighted by molar-refractivity contribution is -0.145. The Kier molecular flexibility index (Phi) is 3.32. The van der Waals surface area contributed by atoms with Gasteiger partial charge in [0, 0.05) is 17.1 Å². The molecule has 1 aromatic carbocycles. The molecule has 17 heavy (non-hydrogen) atoms. The lowest BCUT2D eigenvalue weighted by Crippen LogP contribution is -2.14. The number of hydrogen-bond acceptors (Lipinski definition) is 3. The maximum Gasteiger partial charge on any atom is 0.344 e. The van der Waals surface area contributed by atoms with Crippen molar-refractivity contribution < 1.29 is 14.3 Å². The predicted molar refractivity (Wildman–Crippen MR) is 65.2 cm³/mol. The number of aromatic amines is 1. The molecule has 0 fully saturated rings. The maximum absolute atomic E-state index is 11.1. The number of aryl methyl sites for hydroxylation is 1. The van der Waals surface area contributed by atoms with Crippen molar-refractivity contribution in [3.05, 3.63) is 30.0 Å². The van der Waals surface area contributed by atoms with E-state index in [1.807, 2.05) is 31.3 Å². The van der Waals surface area contributed by atoms with Gasteiger partial charge in [-0.05, 0) is 37.6 Å². The molecule has 0 aliphatic heterocycles. The fourth-order valence-corrected chi connectivity index (χ4v) is 1.67. The zero-order valence-corrected chi connectivity index (χ0v) is 9.95. The van der Waals surface area contributed by atoms with Gasteiger partial charge in [-0.3, -0.25) is 0 Å². The molecule has 0 unspecified atom stereocenters. The Bertz CT molecular complexity index is 530. The molecule has 0 amide bonds. The van der Waals surface area contributed by atoms with Crippen molar-refractivity contribution in [2.75, 3.05) is 13.2 Å². The molecule has 0 saturated carbocycles. The number of carbonyl (C=O) groups excluding carboxylic acids is 1. The number of carbonyl (C=O) groups is 1. The van der Waals surface area contributed by atoms with Gasteiger partial charge in [-0.1, -0.05) is 0 Å². The number of H-pyrrole nitrogens is 1. The molecule has 90 valence electrons. The Labute approximate surface area is 99.5 Å². The van der Waals surface area contributed by atoms with Crippen LogP contribution in [0.5, 0.6) is 5.75 Å². The molecular formula is C13H15NO3. The van der Waals surface area contributed by atoms with E-state index in [2.05, 4.69) is 4.98 Å². The highest BCUT2D eigenvalue weighted by atomic mass is 16.6. The fourth-order valence-electron chi connectivity index (χ4n) is 1.67. The molecule has 2 rings (SSSR count). The van der Waals surface area contributed by atoms with Crippen LogP contribution >= 0.6 is 0 Å². The zero-order valence-electron chi connectivity index (χ0n) is 9.95. The van der Waals surface area contributed by atoms with Gasteiger partial charge in [0.15, 0.2) is 6.61 Å². The number of rotatable bonds is 4. The number of ether oxygens (including phenoxy) is 2. The predicted octanol–water partition coefficient (Wildman–Crippen LogP) is 2.42. The second-order valence-electron chi connectivity index (χ2n) is 3.77. The number of nitrogens with one attached hydrogen (secondary N) is 1. The van der Waals surface area contributed by atoms with E-state index in [4.69, 9.17) is 9.47 Å². The Morgan fingerprint density at radius 3 is 3.00 bits per heavy atom. The van der Waals surface area contributed by atoms with Gasteiger partial charge in [-0.15, -0.1) is 0 Å². The Morgan fingerprint density at radius 1 is 1.41 bits per heavy atom. The summed E-state index contributed by atoms with van der Waals surface area (Å²) in [7, 11) is 0. The first-order valence-electron chi connectivity index (χ1n) is 5.57. The van der Waals surface area contributed by atoms with Crippen molar-refractivity contribution in [1.82, 2.24) is 4.98 Å². The quantitative estimate of drug-likeness (QED) is 0.825. The number of fused-ring (bicyclic) bond motifs is 1. The van der Waals surface area contributed by atoms with Crippen molar-refractivity contribution in [1.29, 1.82) is 0 Å². The van der Waals surface area contributed by atoms with Crippen molar-refractivity contribution in [3.63, 3.8) is 0 Å². The molecule has 1 N–H and O–H groups in total. The van der Waals surface area contributed by atoms with Crippen LogP contribution in [-0.2, 0) is 9.53 Å². The van der Waals surface area contributed by atoms with Crippen molar-refractivity contribution in [2.45, 2.75) is 13.8 Å². The molecule has 0 spiro atoms. The largest absolute Gasteiger partial charge is 0.482 e. The first-order chi connectivity index (χ1) is 8.20. The van der Waals surface area contributed by atoms with Crippen LogP contribution in [0.15, 0.2) is 24.4 Å². The average molecular weight is 233 g/mol. The Morgan fingerprint density at radius 2 is 2.24 bits per heavy atom. The van der Waals surface area contributed by atoms with Gasteiger partial charge in [-0.2, -0.15) is 0 Å². The van der Waals surface area contributed by atoms with E-state index < -0.39 is 0 Å². The van der Waals surface area contributed by atoms with Crippen LogP contribution in [0, 0.1) is 6.92 Å². The normalized spacial score (nSPS) is 10.5. The molecule has 0 aliphatic rings. The zero-order chi connectivity index (χ0) is 12.3. The molecule has 0 saturated heterocycles. The summed E-state index contributed by atoms with van der Waals surface area (Å²) in [6, 6.07) is 5.68. The SMILES string of the molecule is CCOC(=O)COc1ccc2[nH]cc(C)c2c1. The van der Waals surface area contributed by atoms with E-state index in [9.17, 15) is 4.79 Å². The Hall–Kier alpha value is -1.97. The molecule has 4 nitrogen and oxygen atoms in total. The van der Waals surface area contributed by atoms with E-state index in [1.54, 1.807) is 6.92 Å². The smallest absolute Gasteiger partial charge is 0.344 e. The third-order valence-electron chi connectivity index (χ3n) is 2.52. The van der Waals surface area contributed by atoms with Crippen molar-refractivity contribution in [3.8, 4) is 5.75 Å². The molecule has 0 aliphatic carbocycles. The Balaban J connectivity index is 2.08. The summed E-state index contributed by atoms with van der Waals surface area (Å²) in [5.74, 6) is 0.326. The number of aromatic nitrogens is 1. The summed E-state index contributed by atoms with van der Waals surface area (Å²) >= 11 is 0. The summed E-state index contributed by atoms with van der Waals surface area (Å²) in [5, 5.41) is 1.10. The van der Waals surface area contributed by atoms with Crippen LogP contribution in [0.25, 0.3) is 10.9 Å². The molecule has 0 radical (unpaired) electrons. The van der Waals surface area contributed by atoms with Crippen LogP contribution in [0.3, 0.4) is 0 Å². The number of esters is 1. The van der Waals surface area contributed by atoms with Crippen LogP contribution in [0.2, 0.25) is 0 Å². The van der Waals surface area contributed by atoms with E-state index >= 15 is 0 Å². The third-order valence-corrected chi connectivity index (χ3v) is 2.52. The second kappa shape index (κ2) is 4.91. The van der Waals surface area contributed by atoms with Crippen molar-refractivity contribution >= 4 is 16.9 Å². The monoisotopic (exact) mass is 233 g/mol. The van der Waals surface area contributed by atoms with Crippen LogP contribution < -0.4 is 4.74 Å². The topological polar surface area (TPSA) is 51.3 Å². The van der Waals surface area contributed by atoms with E-state index in [1.165, 1.54) is 0 Å². The lowest BCUT2D eigenvalue weighted by atomic mass is 10.2. The molecular weight excluding hydrogens is 218 g/mol. The highest BCUT2D eigenvalue weighted by Crippen LogP contribution is 2.22. The van der Waals surface area contributed by atoms with Gasteiger partial charge < -0.3 is 14.5 Å². The summed E-state index contributed by atoms with van der Waals surface area (Å²) in [6.45, 7) is 4.11. The first-order valence-corrected chi connectivity index (χ1v) is 5.57. The van der Waals surface area contributed by atoms with Gasteiger partial charge in [0.25, 0.3) is 0 Å². The molecule has 0 atom stereocenters. The molecule has 0 bridgehead atoms. The maximum atomic E-state index is 11.1. The van der Waals surface area contributed by atoms with Gasteiger partial charge in [0.1, 0.15) is 5.75 Å². The highest BCUT2D eigenvalue weighted by Gasteiger charge is 2.05. The van der Waals surface area contributed by atoms with Crippen LogP contribution in [0.1, 0.15) is 12.5 Å². The van der Waals surface area contributed by atoms with E-state index in [-0.39, 0.29) is 12.6 Å². The minimum absolute atomic E-state index is 0.0528.